The van der Waals surface area contributed by atoms with Crippen LogP contribution in [0.25, 0.3) is 0 Å². The number of aliphatic hydroxyl groups is 1. The van der Waals surface area contributed by atoms with E-state index in [-0.39, 0.29) is 38.9 Å². The summed E-state index contributed by atoms with van der Waals surface area (Å²) in [5.74, 6) is -1.65. The molecule has 0 bridgehead atoms. The fraction of sp³-hybridized carbons (Fsp3) is 0.571. The number of hydrogen-bond acceptors (Lipinski definition) is 6. The summed E-state index contributed by atoms with van der Waals surface area (Å²) in [7, 11) is 0. The number of aliphatic hydroxyl groups excluding tert-OH is 1. The zero-order chi connectivity index (χ0) is 33.8. The number of hydrogen-bond donors (Lipinski definition) is 6. The van der Waals surface area contributed by atoms with Crippen LogP contribution < -0.4 is 11.5 Å². The number of nitrogen functional groups attached to an aromatic ring is 2. The van der Waals surface area contributed by atoms with Crippen molar-refractivity contribution >= 4 is 29.3 Å². The van der Waals surface area contributed by atoms with Crippen LogP contribution in [0.5, 0.6) is 0 Å². The first-order chi connectivity index (χ1) is 20.8. The Labute approximate surface area is 285 Å². The van der Waals surface area contributed by atoms with E-state index < -0.39 is 17.9 Å². The Morgan fingerprint density at radius 1 is 0.556 bits per heavy atom. The van der Waals surface area contributed by atoms with Gasteiger partial charge in [-0.2, -0.15) is 0 Å². The van der Waals surface area contributed by atoms with Crippen molar-refractivity contribution in [1.29, 1.82) is 0 Å². The van der Waals surface area contributed by atoms with E-state index in [0.717, 1.165) is 18.8 Å². The van der Waals surface area contributed by atoms with Gasteiger partial charge in [-0.25, -0.2) is 9.59 Å². The van der Waals surface area contributed by atoms with E-state index in [1.54, 1.807) is 38.1 Å². The van der Waals surface area contributed by atoms with Crippen LogP contribution >= 0.6 is 0 Å². The quantitative estimate of drug-likeness (QED) is 0.0547. The standard InChI is InChI=1S/C18H36O2.2C7H7NO2.C3H8O.Ti/c1-17(2)15-13-11-9-7-5-3-4-6-8-10-12-14-16-18(19)20;2*8-6-3-1-5(2-4-6)7(9)10;1-3(2)4;/h17H,3-16H2,1-2H3,(H,19,20);2*1-4H,8H2,(H,9,10);3-4H,1-2H3;. The summed E-state index contributed by atoms with van der Waals surface area (Å²) in [5, 5.41) is 33.4. The predicted octanol–water partition coefficient (Wildman–Crippen LogP) is 8.51. The molecule has 2 rings (SSSR count). The summed E-state index contributed by atoms with van der Waals surface area (Å²) >= 11 is 0. The summed E-state index contributed by atoms with van der Waals surface area (Å²) < 4.78 is 0. The number of aromatic carboxylic acids is 2. The Morgan fingerprint density at radius 2 is 0.822 bits per heavy atom. The van der Waals surface area contributed by atoms with Gasteiger partial charge in [-0.1, -0.05) is 90.9 Å². The summed E-state index contributed by atoms with van der Waals surface area (Å²) in [5.41, 5.74) is 12.3. The number of rotatable bonds is 17. The van der Waals surface area contributed by atoms with Crippen LogP contribution in [0, 0.1) is 5.92 Å². The molecule has 10 heteroatoms. The van der Waals surface area contributed by atoms with E-state index in [2.05, 4.69) is 13.8 Å². The van der Waals surface area contributed by atoms with Gasteiger partial charge in [0.05, 0.1) is 11.1 Å². The molecule has 45 heavy (non-hydrogen) atoms. The summed E-state index contributed by atoms with van der Waals surface area (Å²) in [6, 6.07) is 12.1. The van der Waals surface area contributed by atoms with Crippen LogP contribution in [0.2, 0.25) is 0 Å². The van der Waals surface area contributed by atoms with Crippen molar-refractivity contribution in [3.05, 3.63) is 59.7 Å². The van der Waals surface area contributed by atoms with E-state index in [1.807, 2.05) is 0 Å². The molecule has 0 aliphatic rings. The SMILES string of the molecule is CC(C)CCCCCCCCCCCCCCC(=O)O.CC(C)O.Nc1ccc(C(=O)O)cc1.Nc1ccc(C(=O)O)cc1.[Ti]. The van der Waals surface area contributed by atoms with Crippen molar-refractivity contribution in [3.63, 3.8) is 0 Å². The molecular formula is C35H58N2O7Ti. The molecule has 0 radical (unpaired) electrons. The Kier molecular flexibility index (Phi) is 32.2. The predicted molar refractivity (Wildman–Crippen MR) is 180 cm³/mol. The summed E-state index contributed by atoms with van der Waals surface area (Å²) in [4.78, 5) is 30.9. The van der Waals surface area contributed by atoms with E-state index in [0.29, 0.717) is 17.8 Å². The van der Waals surface area contributed by atoms with Crippen LogP contribution in [0.4, 0.5) is 11.4 Å². The number of benzene rings is 2. The van der Waals surface area contributed by atoms with Gasteiger partial charge in [0.25, 0.3) is 0 Å². The normalized spacial score (nSPS) is 9.84. The molecule has 2 aromatic carbocycles. The average molecular weight is 667 g/mol. The second kappa shape index (κ2) is 31.1. The minimum absolute atomic E-state index is 0. The van der Waals surface area contributed by atoms with Gasteiger partial charge in [0.1, 0.15) is 0 Å². The monoisotopic (exact) mass is 666 g/mol. The molecule has 0 saturated carbocycles. The molecule has 8 N–H and O–H groups in total. The van der Waals surface area contributed by atoms with Crippen molar-refractivity contribution in [1.82, 2.24) is 0 Å². The van der Waals surface area contributed by atoms with Crippen molar-refractivity contribution < 1.29 is 56.5 Å². The average Bonchev–Trinajstić information content (AvgIpc) is 2.94. The van der Waals surface area contributed by atoms with E-state index in [9.17, 15) is 14.4 Å². The third kappa shape index (κ3) is 35.5. The van der Waals surface area contributed by atoms with Crippen molar-refractivity contribution in [3.8, 4) is 0 Å². The molecule has 0 saturated heterocycles. The molecule has 0 atom stereocenters. The molecule has 0 heterocycles. The number of aliphatic carboxylic acids is 1. The van der Waals surface area contributed by atoms with Gasteiger partial charge in [-0.3, -0.25) is 4.79 Å². The van der Waals surface area contributed by atoms with Gasteiger partial charge in [0, 0.05) is 45.6 Å². The topological polar surface area (TPSA) is 184 Å². The summed E-state index contributed by atoms with van der Waals surface area (Å²) in [6.07, 6.45) is 17.2. The molecule has 0 spiro atoms. The molecule has 0 aliphatic heterocycles. The second-order valence-electron chi connectivity index (χ2n) is 11.5. The molecular weight excluding hydrogens is 608 g/mol. The van der Waals surface area contributed by atoms with Gasteiger partial charge in [-0.05, 0) is 74.7 Å². The van der Waals surface area contributed by atoms with Crippen molar-refractivity contribution in [2.45, 2.75) is 124 Å². The first kappa shape index (κ1) is 46.5. The van der Waals surface area contributed by atoms with Gasteiger partial charge in [-0.15, -0.1) is 0 Å². The van der Waals surface area contributed by atoms with Crippen LogP contribution in [-0.2, 0) is 26.5 Å². The zero-order valence-corrected chi connectivity index (χ0v) is 29.4. The van der Waals surface area contributed by atoms with Crippen LogP contribution in [0.15, 0.2) is 48.5 Å². The number of carboxylic acids is 3. The number of carbonyl (C=O) groups is 3. The largest absolute Gasteiger partial charge is 0.481 e. The number of unbranched alkanes of at least 4 members (excludes halogenated alkanes) is 11. The molecule has 0 fully saturated rings. The number of nitrogens with two attached hydrogens (primary N) is 2. The molecule has 0 amide bonds. The maximum atomic E-state index is 10.3. The van der Waals surface area contributed by atoms with Gasteiger partial charge in [0.2, 0.25) is 0 Å². The van der Waals surface area contributed by atoms with Crippen LogP contribution in [0.1, 0.15) is 138 Å². The number of anilines is 2. The molecule has 254 valence electrons. The third-order valence-electron chi connectivity index (χ3n) is 6.24. The molecule has 2 aromatic rings. The minimum atomic E-state index is -0.931. The van der Waals surface area contributed by atoms with Gasteiger partial charge in [0.15, 0.2) is 0 Å². The summed E-state index contributed by atoms with van der Waals surface area (Å²) in [6.45, 7) is 8.06. The smallest absolute Gasteiger partial charge is 0.335 e. The fourth-order valence-corrected chi connectivity index (χ4v) is 3.85. The molecule has 0 unspecified atom stereocenters. The van der Waals surface area contributed by atoms with Gasteiger partial charge >= 0.3 is 17.9 Å². The third-order valence-corrected chi connectivity index (χ3v) is 6.24. The zero-order valence-electron chi connectivity index (χ0n) is 27.8. The van der Waals surface area contributed by atoms with E-state index >= 15 is 0 Å². The molecule has 9 nitrogen and oxygen atoms in total. The first-order valence-electron chi connectivity index (χ1n) is 15.8. The Bertz CT molecular complexity index is 940. The van der Waals surface area contributed by atoms with Crippen molar-refractivity contribution in [2.24, 2.45) is 5.92 Å². The maximum Gasteiger partial charge on any atom is 0.335 e. The Balaban J connectivity index is -0.000000590. The van der Waals surface area contributed by atoms with E-state index in [1.165, 1.54) is 94.9 Å². The Hall–Kier alpha value is -2.88. The fourth-order valence-electron chi connectivity index (χ4n) is 3.85. The minimum Gasteiger partial charge on any atom is -0.481 e. The molecule has 0 aliphatic carbocycles. The van der Waals surface area contributed by atoms with Crippen LogP contribution in [-0.4, -0.2) is 44.4 Å². The number of carboxylic acid groups (broad SMARTS) is 3. The van der Waals surface area contributed by atoms with E-state index in [4.69, 9.17) is 31.9 Å². The van der Waals surface area contributed by atoms with Gasteiger partial charge < -0.3 is 31.9 Å². The second-order valence-corrected chi connectivity index (χ2v) is 11.5. The Morgan fingerprint density at radius 3 is 1.07 bits per heavy atom. The first-order valence-corrected chi connectivity index (χ1v) is 15.8. The van der Waals surface area contributed by atoms with Crippen LogP contribution in [0.3, 0.4) is 0 Å². The molecule has 0 aromatic heterocycles. The maximum absolute atomic E-state index is 10.3. The van der Waals surface area contributed by atoms with Crippen molar-refractivity contribution in [2.75, 3.05) is 11.5 Å².